The lowest BCUT2D eigenvalue weighted by Crippen LogP contribution is -2.21. The van der Waals surface area contributed by atoms with Crippen LogP contribution < -0.4 is 10.6 Å². The van der Waals surface area contributed by atoms with Gasteiger partial charge in [0.1, 0.15) is 17.5 Å². The Balaban J connectivity index is 3.01. The average molecular weight is 210 g/mol. The lowest BCUT2D eigenvalue weighted by Gasteiger charge is -2.15. The Morgan fingerprint density at radius 1 is 1.27 bits per heavy atom. The molecular weight excluding hydrogens is 192 g/mol. The Hall–Kier alpha value is -1.36. The van der Waals surface area contributed by atoms with Crippen LogP contribution in [0.25, 0.3) is 0 Å². The molecule has 0 saturated heterocycles. The van der Waals surface area contributed by atoms with Crippen LogP contribution in [0.4, 0.5) is 11.6 Å². The van der Waals surface area contributed by atoms with E-state index in [9.17, 15) is 0 Å². The lowest BCUT2D eigenvalue weighted by molar-refractivity contribution is 0.281. The molecule has 5 heteroatoms. The van der Waals surface area contributed by atoms with Crippen molar-refractivity contribution in [3.63, 3.8) is 0 Å². The Labute approximate surface area is 90.0 Å². The fourth-order valence-electron chi connectivity index (χ4n) is 1.29. The third-order valence-electron chi connectivity index (χ3n) is 2.15. The number of aliphatic hydroxyl groups excluding tert-OH is 1. The van der Waals surface area contributed by atoms with Crippen molar-refractivity contribution in [1.29, 1.82) is 0 Å². The summed E-state index contributed by atoms with van der Waals surface area (Å²) < 4.78 is 0. The van der Waals surface area contributed by atoms with E-state index in [2.05, 4.69) is 20.6 Å². The molecule has 0 aliphatic carbocycles. The Kier molecular flexibility index (Phi) is 3.85. The number of nitrogens with one attached hydrogen (secondary N) is 2. The van der Waals surface area contributed by atoms with Gasteiger partial charge in [-0.3, -0.25) is 0 Å². The second-order valence-corrected chi connectivity index (χ2v) is 3.57. The molecule has 5 nitrogen and oxygen atoms in total. The summed E-state index contributed by atoms with van der Waals surface area (Å²) in [4.78, 5) is 8.56. The number of aliphatic hydroxyl groups is 1. The number of hydrogen-bond donors (Lipinski definition) is 3. The van der Waals surface area contributed by atoms with E-state index in [0.29, 0.717) is 5.82 Å². The minimum Gasteiger partial charge on any atom is -0.394 e. The van der Waals surface area contributed by atoms with Gasteiger partial charge in [0.05, 0.1) is 6.61 Å². The van der Waals surface area contributed by atoms with E-state index >= 15 is 0 Å². The summed E-state index contributed by atoms with van der Waals surface area (Å²) in [5.74, 6) is 2.29. The van der Waals surface area contributed by atoms with Gasteiger partial charge >= 0.3 is 0 Å². The minimum absolute atomic E-state index is 0.0114. The Morgan fingerprint density at radius 3 is 2.40 bits per heavy atom. The summed E-state index contributed by atoms with van der Waals surface area (Å²) in [6.45, 7) is 5.76. The zero-order valence-corrected chi connectivity index (χ0v) is 9.63. The van der Waals surface area contributed by atoms with Gasteiger partial charge in [0.25, 0.3) is 0 Å². The average Bonchev–Trinajstić information content (AvgIpc) is 2.22. The van der Waals surface area contributed by atoms with Gasteiger partial charge in [0.2, 0.25) is 0 Å². The molecule has 0 aromatic carbocycles. The first kappa shape index (κ1) is 11.7. The molecular formula is C10H18N4O. The van der Waals surface area contributed by atoms with Gasteiger partial charge in [-0.1, -0.05) is 0 Å². The number of anilines is 2. The van der Waals surface area contributed by atoms with Crippen LogP contribution in [0, 0.1) is 13.8 Å². The van der Waals surface area contributed by atoms with Crippen molar-refractivity contribution < 1.29 is 5.11 Å². The fourth-order valence-corrected chi connectivity index (χ4v) is 1.29. The molecule has 0 amide bonds. The van der Waals surface area contributed by atoms with Crippen LogP contribution in [-0.2, 0) is 0 Å². The van der Waals surface area contributed by atoms with Crippen LogP contribution >= 0.6 is 0 Å². The molecule has 0 saturated carbocycles. The van der Waals surface area contributed by atoms with Gasteiger partial charge < -0.3 is 15.7 Å². The predicted molar refractivity (Wildman–Crippen MR) is 61.2 cm³/mol. The first-order chi connectivity index (χ1) is 7.08. The summed E-state index contributed by atoms with van der Waals surface area (Å²) in [6.07, 6.45) is 0. The molecule has 0 radical (unpaired) electrons. The number of aryl methyl sites for hydroxylation is 1. The van der Waals surface area contributed by atoms with Crippen molar-refractivity contribution in [2.75, 3.05) is 24.3 Å². The first-order valence-corrected chi connectivity index (χ1v) is 4.98. The quantitative estimate of drug-likeness (QED) is 0.689. The van der Waals surface area contributed by atoms with Gasteiger partial charge in [-0.15, -0.1) is 0 Å². The Bertz CT molecular complexity index is 340. The molecule has 0 aliphatic rings. The van der Waals surface area contributed by atoms with Crippen LogP contribution in [-0.4, -0.2) is 34.8 Å². The van der Waals surface area contributed by atoms with E-state index in [0.717, 1.165) is 17.2 Å². The van der Waals surface area contributed by atoms with Crippen molar-refractivity contribution >= 4 is 11.6 Å². The van der Waals surface area contributed by atoms with E-state index < -0.39 is 0 Å². The van der Waals surface area contributed by atoms with Crippen molar-refractivity contribution in [3.8, 4) is 0 Å². The van der Waals surface area contributed by atoms with E-state index in [1.165, 1.54) is 0 Å². The van der Waals surface area contributed by atoms with Crippen molar-refractivity contribution in [1.82, 2.24) is 9.97 Å². The third-order valence-corrected chi connectivity index (χ3v) is 2.15. The SMILES string of the molecule is CNc1nc(C)nc(NC(C)CO)c1C. The van der Waals surface area contributed by atoms with Crippen molar-refractivity contribution in [2.24, 2.45) is 0 Å². The first-order valence-electron chi connectivity index (χ1n) is 4.98. The zero-order valence-electron chi connectivity index (χ0n) is 9.63. The van der Waals surface area contributed by atoms with Crippen LogP contribution in [0.5, 0.6) is 0 Å². The molecule has 0 spiro atoms. The standard InChI is InChI=1S/C10H18N4O/c1-6(5-15)12-10-7(2)9(11-4)13-8(3)14-10/h6,15H,5H2,1-4H3,(H2,11,12,13,14). The summed E-state index contributed by atoms with van der Waals surface area (Å²) in [5, 5.41) is 15.1. The maximum atomic E-state index is 8.96. The van der Waals surface area contributed by atoms with Crippen LogP contribution in [0.3, 0.4) is 0 Å². The minimum atomic E-state index is -0.0114. The fraction of sp³-hybridized carbons (Fsp3) is 0.600. The monoisotopic (exact) mass is 210 g/mol. The Morgan fingerprint density at radius 2 is 1.87 bits per heavy atom. The topological polar surface area (TPSA) is 70.1 Å². The molecule has 1 heterocycles. The largest absolute Gasteiger partial charge is 0.394 e. The van der Waals surface area contributed by atoms with Gasteiger partial charge in [0.15, 0.2) is 0 Å². The molecule has 1 unspecified atom stereocenters. The molecule has 1 aromatic rings. The highest BCUT2D eigenvalue weighted by molar-refractivity contribution is 5.57. The molecule has 1 atom stereocenters. The third kappa shape index (κ3) is 2.79. The smallest absolute Gasteiger partial charge is 0.135 e. The molecule has 15 heavy (non-hydrogen) atoms. The van der Waals surface area contributed by atoms with E-state index in [-0.39, 0.29) is 12.6 Å². The van der Waals surface area contributed by atoms with Gasteiger partial charge in [-0.05, 0) is 20.8 Å². The zero-order chi connectivity index (χ0) is 11.4. The molecule has 3 N–H and O–H groups in total. The number of nitrogens with zero attached hydrogens (tertiary/aromatic N) is 2. The maximum Gasteiger partial charge on any atom is 0.135 e. The highest BCUT2D eigenvalue weighted by Crippen LogP contribution is 2.19. The van der Waals surface area contributed by atoms with Crippen molar-refractivity contribution in [3.05, 3.63) is 11.4 Å². The molecule has 0 fully saturated rings. The number of hydrogen-bond acceptors (Lipinski definition) is 5. The van der Waals surface area contributed by atoms with Crippen LogP contribution in [0.1, 0.15) is 18.3 Å². The predicted octanol–water partition coefficient (Wildman–Crippen LogP) is 0.928. The maximum absolute atomic E-state index is 8.96. The highest BCUT2D eigenvalue weighted by Gasteiger charge is 2.09. The number of rotatable bonds is 4. The molecule has 1 aromatic heterocycles. The highest BCUT2D eigenvalue weighted by atomic mass is 16.3. The summed E-state index contributed by atoms with van der Waals surface area (Å²) >= 11 is 0. The second kappa shape index (κ2) is 4.93. The van der Waals surface area contributed by atoms with Crippen LogP contribution in [0.2, 0.25) is 0 Å². The van der Waals surface area contributed by atoms with Crippen molar-refractivity contribution in [2.45, 2.75) is 26.8 Å². The normalized spacial score (nSPS) is 12.3. The van der Waals surface area contributed by atoms with Gasteiger partial charge in [-0.2, -0.15) is 0 Å². The number of aromatic nitrogens is 2. The van der Waals surface area contributed by atoms with Crippen LogP contribution in [0.15, 0.2) is 0 Å². The van der Waals surface area contributed by atoms with Gasteiger partial charge in [0, 0.05) is 18.7 Å². The van der Waals surface area contributed by atoms with E-state index in [1.807, 2.05) is 27.8 Å². The summed E-state index contributed by atoms with van der Waals surface area (Å²) in [7, 11) is 1.83. The lowest BCUT2D eigenvalue weighted by atomic mass is 10.2. The second-order valence-electron chi connectivity index (χ2n) is 3.57. The summed E-state index contributed by atoms with van der Waals surface area (Å²) in [6, 6.07) is -0.0114. The molecule has 1 rings (SSSR count). The molecule has 0 aliphatic heterocycles. The van der Waals surface area contributed by atoms with E-state index in [1.54, 1.807) is 0 Å². The molecule has 84 valence electrons. The van der Waals surface area contributed by atoms with Gasteiger partial charge in [-0.25, -0.2) is 9.97 Å². The van der Waals surface area contributed by atoms with E-state index in [4.69, 9.17) is 5.11 Å². The molecule has 0 bridgehead atoms. The summed E-state index contributed by atoms with van der Waals surface area (Å²) in [5.41, 5.74) is 0.961.